The van der Waals surface area contributed by atoms with E-state index in [9.17, 15) is 18.8 Å². The molecule has 1 fully saturated rings. The van der Waals surface area contributed by atoms with Gasteiger partial charge in [-0.1, -0.05) is 29.8 Å². The summed E-state index contributed by atoms with van der Waals surface area (Å²) in [6.45, 7) is 3.27. The highest BCUT2D eigenvalue weighted by Gasteiger charge is 2.36. The molecule has 0 bridgehead atoms. The van der Waals surface area contributed by atoms with Crippen LogP contribution in [-0.2, 0) is 16.2 Å². The highest BCUT2D eigenvalue weighted by atomic mass is 35.5. The molecule has 1 N–H and O–H groups in total. The van der Waals surface area contributed by atoms with Crippen molar-refractivity contribution in [3.63, 3.8) is 0 Å². The van der Waals surface area contributed by atoms with Gasteiger partial charge in [0.2, 0.25) is 5.91 Å². The minimum atomic E-state index is -0.577. The number of halogens is 2. The molecule has 3 amide bonds. The zero-order chi connectivity index (χ0) is 27.4. The molecule has 0 radical (unpaired) electrons. The lowest BCUT2D eigenvalue weighted by Crippen LogP contribution is -2.36. The molecule has 4 rings (SSSR count). The minimum absolute atomic E-state index is 0.141. The van der Waals surface area contributed by atoms with Crippen molar-refractivity contribution >= 4 is 52.2 Å². The highest BCUT2D eigenvalue weighted by molar-refractivity contribution is 8.18. The van der Waals surface area contributed by atoms with Crippen LogP contribution in [0.1, 0.15) is 22.3 Å². The predicted octanol–water partition coefficient (Wildman–Crippen LogP) is 6.36. The van der Waals surface area contributed by atoms with E-state index >= 15 is 0 Å². The number of aryl methyl sites for hydroxylation is 2. The molecule has 0 atom stereocenters. The number of hydrogen-bond acceptors (Lipinski definition) is 6. The van der Waals surface area contributed by atoms with E-state index in [1.54, 1.807) is 24.3 Å². The molecule has 7 nitrogen and oxygen atoms in total. The molecule has 196 valence electrons. The van der Waals surface area contributed by atoms with Crippen molar-refractivity contribution in [3.8, 4) is 11.5 Å². The average Bonchev–Trinajstić information content (AvgIpc) is 3.10. The SMILES string of the molecule is COc1ccc(/C=C2/SC(=O)N(CC(=O)Nc3cc(C)cc(C)c3)C2=O)cc1OCc1c(F)cccc1Cl. The van der Waals surface area contributed by atoms with Crippen molar-refractivity contribution in [1.82, 2.24) is 4.90 Å². The third-order valence-corrected chi connectivity index (χ3v) is 6.86. The van der Waals surface area contributed by atoms with Crippen molar-refractivity contribution in [1.29, 1.82) is 0 Å². The molecule has 3 aromatic rings. The monoisotopic (exact) mass is 554 g/mol. The number of benzene rings is 3. The second-order valence-corrected chi connectivity index (χ2v) is 9.99. The molecule has 1 aliphatic heterocycles. The summed E-state index contributed by atoms with van der Waals surface area (Å²) in [5.41, 5.74) is 3.30. The number of ether oxygens (including phenoxy) is 2. The summed E-state index contributed by atoms with van der Waals surface area (Å²) >= 11 is 6.83. The molecular formula is C28H24ClFN2O5S. The van der Waals surface area contributed by atoms with Gasteiger partial charge in [0, 0.05) is 11.3 Å². The highest BCUT2D eigenvalue weighted by Crippen LogP contribution is 2.35. The van der Waals surface area contributed by atoms with E-state index in [0.717, 1.165) is 27.8 Å². The summed E-state index contributed by atoms with van der Waals surface area (Å²) < 4.78 is 25.2. The van der Waals surface area contributed by atoms with Gasteiger partial charge in [-0.05, 0) is 84.8 Å². The fourth-order valence-electron chi connectivity index (χ4n) is 3.89. The fourth-order valence-corrected chi connectivity index (χ4v) is 4.95. The van der Waals surface area contributed by atoms with E-state index in [0.29, 0.717) is 22.7 Å². The summed E-state index contributed by atoms with van der Waals surface area (Å²) in [6.07, 6.45) is 1.52. The van der Waals surface area contributed by atoms with Gasteiger partial charge in [-0.2, -0.15) is 0 Å². The number of carbonyl (C=O) groups excluding carboxylic acids is 3. The fraction of sp³-hybridized carbons (Fsp3) is 0.179. The van der Waals surface area contributed by atoms with Gasteiger partial charge < -0.3 is 14.8 Å². The van der Waals surface area contributed by atoms with Crippen LogP contribution in [0.3, 0.4) is 0 Å². The number of carbonyl (C=O) groups is 3. The molecule has 0 spiro atoms. The van der Waals surface area contributed by atoms with Gasteiger partial charge in [0.05, 0.1) is 17.0 Å². The Morgan fingerprint density at radius 1 is 1.08 bits per heavy atom. The van der Waals surface area contributed by atoms with Crippen LogP contribution in [0.2, 0.25) is 5.02 Å². The van der Waals surface area contributed by atoms with Crippen LogP contribution < -0.4 is 14.8 Å². The zero-order valence-corrected chi connectivity index (χ0v) is 22.4. The van der Waals surface area contributed by atoms with Crippen LogP contribution in [-0.4, -0.2) is 35.6 Å². The molecule has 0 saturated carbocycles. The maximum atomic E-state index is 14.1. The molecule has 3 aromatic carbocycles. The Balaban J connectivity index is 1.48. The summed E-state index contributed by atoms with van der Waals surface area (Å²) in [5.74, 6) is -0.862. The number of imide groups is 1. The number of anilines is 1. The molecule has 1 heterocycles. The summed E-state index contributed by atoms with van der Waals surface area (Å²) in [5, 5.41) is 2.42. The minimum Gasteiger partial charge on any atom is -0.493 e. The number of amides is 3. The van der Waals surface area contributed by atoms with Gasteiger partial charge in [-0.25, -0.2) is 4.39 Å². The van der Waals surface area contributed by atoms with Gasteiger partial charge in [-0.3, -0.25) is 19.3 Å². The average molecular weight is 555 g/mol. The third-order valence-electron chi connectivity index (χ3n) is 5.60. The topological polar surface area (TPSA) is 84.9 Å². The van der Waals surface area contributed by atoms with E-state index < -0.39 is 29.4 Å². The number of hydrogen-bond donors (Lipinski definition) is 1. The van der Waals surface area contributed by atoms with Crippen molar-refractivity contribution in [2.24, 2.45) is 0 Å². The van der Waals surface area contributed by atoms with Crippen molar-refractivity contribution in [2.45, 2.75) is 20.5 Å². The molecule has 10 heteroatoms. The summed E-state index contributed by atoms with van der Waals surface area (Å²) in [4.78, 5) is 39.1. The van der Waals surface area contributed by atoms with E-state index in [-0.39, 0.29) is 22.1 Å². The lowest BCUT2D eigenvalue weighted by Gasteiger charge is -2.13. The van der Waals surface area contributed by atoms with Crippen LogP contribution in [0, 0.1) is 19.7 Å². The first-order valence-corrected chi connectivity index (χ1v) is 12.7. The van der Waals surface area contributed by atoms with E-state index in [1.165, 1.54) is 25.3 Å². The summed E-state index contributed by atoms with van der Waals surface area (Å²) in [7, 11) is 1.46. The quantitative estimate of drug-likeness (QED) is 0.326. The Kier molecular flexibility index (Phi) is 8.38. The molecule has 0 unspecified atom stereocenters. The van der Waals surface area contributed by atoms with Crippen LogP contribution in [0.25, 0.3) is 6.08 Å². The van der Waals surface area contributed by atoms with E-state index in [2.05, 4.69) is 5.32 Å². The van der Waals surface area contributed by atoms with Crippen LogP contribution in [0.5, 0.6) is 11.5 Å². The van der Waals surface area contributed by atoms with Gasteiger partial charge in [-0.15, -0.1) is 0 Å². The first-order chi connectivity index (χ1) is 18.1. The number of rotatable bonds is 8. The Morgan fingerprint density at radius 2 is 1.82 bits per heavy atom. The largest absolute Gasteiger partial charge is 0.493 e. The molecular weight excluding hydrogens is 531 g/mol. The lowest BCUT2D eigenvalue weighted by molar-refractivity contribution is -0.127. The number of nitrogens with one attached hydrogen (secondary N) is 1. The zero-order valence-electron chi connectivity index (χ0n) is 20.8. The Hall–Kier alpha value is -3.82. The Bertz CT molecular complexity index is 1420. The van der Waals surface area contributed by atoms with Crippen molar-refractivity contribution in [3.05, 3.63) is 92.6 Å². The standard InChI is InChI=1S/C28H24ClFN2O5S/c1-16-9-17(2)11-19(10-16)31-26(33)14-32-27(34)25(38-28(32)35)13-18-7-8-23(36-3)24(12-18)37-15-20-21(29)5-4-6-22(20)30/h4-13H,14-15H2,1-3H3,(H,31,33)/b25-13+. The van der Waals surface area contributed by atoms with Crippen molar-refractivity contribution in [2.75, 3.05) is 19.0 Å². The second kappa shape index (κ2) is 11.7. The van der Waals surface area contributed by atoms with Crippen molar-refractivity contribution < 1.29 is 28.2 Å². The first-order valence-electron chi connectivity index (χ1n) is 11.5. The Labute approximate surface area is 228 Å². The van der Waals surface area contributed by atoms with Crippen LogP contribution >= 0.6 is 23.4 Å². The molecule has 0 aliphatic carbocycles. The van der Waals surface area contributed by atoms with Gasteiger partial charge in [0.15, 0.2) is 11.5 Å². The maximum Gasteiger partial charge on any atom is 0.294 e. The smallest absolute Gasteiger partial charge is 0.294 e. The van der Waals surface area contributed by atoms with Gasteiger partial charge in [0.1, 0.15) is 19.0 Å². The Morgan fingerprint density at radius 3 is 2.50 bits per heavy atom. The molecule has 1 saturated heterocycles. The molecule has 0 aromatic heterocycles. The van der Waals surface area contributed by atoms with Gasteiger partial charge >= 0.3 is 0 Å². The molecule has 38 heavy (non-hydrogen) atoms. The van der Waals surface area contributed by atoms with E-state index in [1.807, 2.05) is 32.0 Å². The predicted molar refractivity (Wildman–Crippen MR) is 146 cm³/mol. The lowest BCUT2D eigenvalue weighted by atomic mass is 10.1. The number of thioether (sulfide) groups is 1. The van der Waals surface area contributed by atoms with Crippen LogP contribution in [0.4, 0.5) is 14.9 Å². The normalized spacial score (nSPS) is 14.2. The van der Waals surface area contributed by atoms with E-state index in [4.69, 9.17) is 21.1 Å². The van der Waals surface area contributed by atoms with Gasteiger partial charge in [0.25, 0.3) is 11.1 Å². The third kappa shape index (κ3) is 6.35. The number of nitrogens with zero attached hydrogens (tertiary/aromatic N) is 1. The molecule has 1 aliphatic rings. The number of methoxy groups -OCH3 is 1. The maximum absolute atomic E-state index is 14.1. The first kappa shape index (κ1) is 27.2. The second-order valence-electron chi connectivity index (χ2n) is 8.59. The summed E-state index contributed by atoms with van der Waals surface area (Å²) in [6, 6.07) is 14.9. The van der Waals surface area contributed by atoms with Crippen LogP contribution in [0.15, 0.2) is 59.5 Å².